The third-order valence-corrected chi connectivity index (χ3v) is 9.04. The maximum absolute atomic E-state index is 13.1. The molecule has 5 N–H and O–H groups in total. The molecule has 53 heavy (non-hydrogen) atoms. The molecule has 2 aliphatic carbocycles. The van der Waals surface area contributed by atoms with Crippen molar-refractivity contribution in [2.75, 3.05) is 30.9 Å². The summed E-state index contributed by atoms with van der Waals surface area (Å²) < 4.78 is 48.5. The smallest absolute Gasteiger partial charge is 0.422 e. The van der Waals surface area contributed by atoms with Gasteiger partial charge in [0, 0.05) is 28.9 Å². The van der Waals surface area contributed by atoms with E-state index in [0.717, 1.165) is 57.6 Å². The molecule has 0 radical (unpaired) electrons. The summed E-state index contributed by atoms with van der Waals surface area (Å²) in [5.74, 6) is -3.45. The largest absolute Gasteiger partial charge is 0.467 e. The van der Waals surface area contributed by atoms with Gasteiger partial charge in [0.15, 0.2) is 6.61 Å². The Hall–Kier alpha value is -5.19. The summed E-state index contributed by atoms with van der Waals surface area (Å²) >= 11 is 6.03. The number of nitrogens with one attached hydrogen (secondary N) is 5. The zero-order chi connectivity index (χ0) is 38.0. The fourth-order valence-corrected chi connectivity index (χ4v) is 5.94. The minimum Gasteiger partial charge on any atom is -0.467 e. The summed E-state index contributed by atoms with van der Waals surface area (Å²) in [6.07, 6.45) is 3.59. The minimum absolute atomic E-state index is 0.0265. The first kappa shape index (κ1) is 39.0. The number of halogens is 4. The number of alkyl halides is 3. The third kappa shape index (κ3) is 11.7. The molecule has 2 aliphatic rings. The van der Waals surface area contributed by atoms with Crippen molar-refractivity contribution in [1.29, 1.82) is 0 Å². The highest BCUT2D eigenvalue weighted by Crippen LogP contribution is 2.48. The van der Waals surface area contributed by atoms with Crippen LogP contribution in [-0.2, 0) is 24.7 Å². The van der Waals surface area contributed by atoms with E-state index in [1.807, 2.05) is 12.1 Å². The van der Waals surface area contributed by atoms with Crippen LogP contribution in [0.2, 0.25) is 5.02 Å². The Morgan fingerprint density at radius 2 is 1.53 bits per heavy atom. The van der Waals surface area contributed by atoms with E-state index >= 15 is 0 Å². The van der Waals surface area contributed by atoms with Gasteiger partial charge in [0.2, 0.25) is 11.9 Å². The molecule has 0 spiro atoms. The molecule has 3 aromatic rings. The second-order valence-corrected chi connectivity index (χ2v) is 13.3. The van der Waals surface area contributed by atoms with Gasteiger partial charge in [-0.3, -0.25) is 14.4 Å². The molecule has 284 valence electrons. The van der Waals surface area contributed by atoms with Gasteiger partial charge in [-0.2, -0.15) is 28.1 Å². The average Bonchev–Trinajstić information content (AvgIpc) is 3.90. The number of amides is 3. The number of methoxy groups -OCH3 is 1. The summed E-state index contributed by atoms with van der Waals surface area (Å²) in [6, 6.07) is 10.9. The molecule has 2 aromatic carbocycles. The van der Waals surface area contributed by atoms with E-state index in [4.69, 9.17) is 21.1 Å². The van der Waals surface area contributed by atoms with Gasteiger partial charge in [-0.1, -0.05) is 55.8 Å². The Bertz CT molecular complexity index is 1750. The van der Waals surface area contributed by atoms with Gasteiger partial charge in [-0.05, 0) is 67.6 Å². The van der Waals surface area contributed by atoms with Crippen molar-refractivity contribution in [3.63, 3.8) is 0 Å². The third-order valence-electron chi connectivity index (χ3n) is 8.79. The van der Waals surface area contributed by atoms with E-state index in [-0.39, 0.29) is 23.5 Å². The van der Waals surface area contributed by atoms with E-state index in [1.54, 1.807) is 12.1 Å². The summed E-state index contributed by atoms with van der Waals surface area (Å²) in [7, 11) is 1.12. The number of carbonyl (C=O) groups is 4. The van der Waals surface area contributed by atoms with Crippen LogP contribution >= 0.6 is 11.6 Å². The van der Waals surface area contributed by atoms with Gasteiger partial charge in [0.25, 0.3) is 5.91 Å². The van der Waals surface area contributed by atoms with E-state index in [1.165, 1.54) is 24.3 Å². The highest BCUT2D eigenvalue weighted by Gasteiger charge is 2.45. The molecule has 1 heterocycles. The molecule has 0 bridgehead atoms. The molecule has 2 saturated carbocycles. The molecule has 1 atom stereocenters. The Morgan fingerprint density at radius 1 is 0.887 bits per heavy atom. The van der Waals surface area contributed by atoms with Gasteiger partial charge in [0.1, 0.15) is 6.04 Å². The van der Waals surface area contributed by atoms with E-state index in [0.29, 0.717) is 23.6 Å². The number of benzene rings is 2. The lowest BCUT2D eigenvalue weighted by atomic mass is 9.97. The van der Waals surface area contributed by atoms with E-state index in [2.05, 4.69) is 41.5 Å². The molecular weight excluding hydrogens is 721 g/mol. The van der Waals surface area contributed by atoms with Crippen LogP contribution in [0.3, 0.4) is 0 Å². The molecule has 0 saturated heterocycles. The average molecular weight is 761 g/mol. The van der Waals surface area contributed by atoms with Crippen LogP contribution in [0.25, 0.3) is 0 Å². The summed E-state index contributed by atoms with van der Waals surface area (Å²) in [6.45, 7) is -2.02. The van der Waals surface area contributed by atoms with Crippen LogP contribution in [0.4, 0.5) is 30.8 Å². The minimum atomic E-state index is -4.63. The van der Waals surface area contributed by atoms with Crippen LogP contribution in [0, 0.1) is 0 Å². The molecule has 2 fully saturated rings. The van der Waals surface area contributed by atoms with Crippen molar-refractivity contribution in [2.24, 2.45) is 0 Å². The van der Waals surface area contributed by atoms with Crippen molar-refractivity contribution in [3.8, 4) is 6.01 Å². The van der Waals surface area contributed by atoms with Gasteiger partial charge in [-0.15, -0.1) is 0 Å². The number of ether oxygens (including phenoxy) is 2. The molecule has 1 aromatic heterocycles. The number of esters is 1. The summed E-state index contributed by atoms with van der Waals surface area (Å²) in [5, 5.41) is 14.2. The fraction of sp³-hybridized carbons (Fsp3) is 0.457. The standard InChI is InChI=1S/C35H40ClF3N8O6/c1-52-30(51)26(19-40-28(49)29(50)41-24-7-5-3-2-4-6-8-24)43-27(48)21-9-15-25(16-10-21)42-31-44-32(46-33(45-31)53-20-35(37,38)39)47-34(17-18-34)22-11-13-23(36)14-12-22/h9-16,24,26H,2-8,17-20H2,1H3,(H,40,49)(H,41,50)(H,43,48)(H2,42,44,45,46,47)/t26-/m0/s1. The summed E-state index contributed by atoms with van der Waals surface area (Å²) in [4.78, 5) is 62.9. The van der Waals surface area contributed by atoms with Gasteiger partial charge in [0.05, 0.1) is 12.6 Å². The monoisotopic (exact) mass is 760 g/mol. The number of carbonyl (C=O) groups excluding carboxylic acids is 4. The Balaban J connectivity index is 1.21. The zero-order valence-electron chi connectivity index (χ0n) is 28.9. The highest BCUT2D eigenvalue weighted by atomic mass is 35.5. The van der Waals surface area contributed by atoms with Crippen molar-refractivity contribution >= 4 is 52.9 Å². The van der Waals surface area contributed by atoms with Crippen LogP contribution in [0.15, 0.2) is 48.5 Å². The Labute approximate surface area is 308 Å². The molecule has 18 heteroatoms. The molecule has 3 amide bonds. The van der Waals surface area contributed by atoms with Crippen LogP contribution in [0.1, 0.15) is 73.7 Å². The fourth-order valence-electron chi connectivity index (χ4n) is 5.81. The number of hydrogen-bond acceptors (Lipinski definition) is 11. The lowest BCUT2D eigenvalue weighted by molar-refractivity contribution is -0.154. The topological polar surface area (TPSA) is 186 Å². The van der Waals surface area contributed by atoms with Crippen molar-refractivity contribution in [2.45, 2.75) is 81.6 Å². The maximum atomic E-state index is 13.1. The SMILES string of the molecule is COC(=O)[C@H](CNC(=O)C(=O)NC1CCCCCCC1)NC(=O)c1ccc(Nc2nc(NC3(c4ccc(Cl)cc4)CC3)nc(OCC(F)(F)F)n2)cc1. The first-order chi connectivity index (χ1) is 25.3. The zero-order valence-corrected chi connectivity index (χ0v) is 29.6. The number of rotatable bonds is 13. The second kappa shape index (κ2) is 17.6. The first-order valence-corrected chi connectivity index (χ1v) is 17.5. The second-order valence-electron chi connectivity index (χ2n) is 12.9. The van der Waals surface area contributed by atoms with Crippen LogP contribution in [0.5, 0.6) is 6.01 Å². The van der Waals surface area contributed by atoms with Crippen molar-refractivity contribution in [1.82, 2.24) is 30.9 Å². The Morgan fingerprint density at radius 3 is 2.15 bits per heavy atom. The van der Waals surface area contributed by atoms with Crippen LogP contribution < -0.4 is 31.3 Å². The van der Waals surface area contributed by atoms with Gasteiger partial charge >= 0.3 is 30.0 Å². The number of nitrogens with zero attached hydrogens (tertiary/aromatic N) is 3. The van der Waals surface area contributed by atoms with Gasteiger partial charge < -0.3 is 36.1 Å². The maximum Gasteiger partial charge on any atom is 0.422 e. The van der Waals surface area contributed by atoms with E-state index in [9.17, 15) is 32.3 Å². The van der Waals surface area contributed by atoms with Gasteiger partial charge in [-0.25, -0.2) is 4.79 Å². The predicted octanol–water partition coefficient (Wildman–Crippen LogP) is 4.93. The molecule has 0 unspecified atom stereocenters. The summed E-state index contributed by atoms with van der Waals surface area (Å²) in [5.41, 5.74) is 0.811. The molecule has 5 rings (SSSR count). The normalized spacial score (nSPS) is 16.2. The van der Waals surface area contributed by atoms with Crippen molar-refractivity contribution in [3.05, 3.63) is 64.7 Å². The van der Waals surface area contributed by atoms with Crippen molar-refractivity contribution < 1.29 is 41.8 Å². The van der Waals surface area contributed by atoms with E-state index < -0.39 is 60.6 Å². The quantitative estimate of drug-likeness (QED) is 0.118. The predicted molar refractivity (Wildman–Crippen MR) is 188 cm³/mol. The Kier molecular flexibility index (Phi) is 12.9. The molecular formula is C35H40ClF3N8O6. The molecule has 14 nitrogen and oxygen atoms in total. The lowest BCUT2D eigenvalue weighted by Gasteiger charge is -2.21. The first-order valence-electron chi connectivity index (χ1n) is 17.2. The highest BCUT2D eigenvalue weighted by molar-refractivity contribution is 6.35. The number of aromatic nitrogens is 3. The van der Waals surface area contributed by atoms with Crippen LogP contribution in [-0.4, -0.2) is 77.2 Å². The molecule has 0 aliphatic heterocycles. The lowest BCUT2D eigenvalue weighted by Crippen LogP contribution is -2.52. The number of anilines is 3. The number of hydrogen-bond donors (Lipinski definition) is 5.